The van der Waals surface area contributed by atoms with Crippen LogP contribution in [0.25, 0.3) is 0 Å². The van der Waals surface area contributed by atoms with Gasteiger partial charge in [0.1, 0.15) is 0 Å². The molecule has 1 aliphatic heterocycles. The van der Waals surface area contributed by atoms with Gasteiger partial charge in [0.2, 0.25) is 5.91 Å². The van der Waals surface area contributed by atoms with Crippen LogP contribution in [0.15, 0.2) is 0 Å². The van der Waals surface area contributed by atoms with Crippen LogP contribution >= 0.6 is 0 Å². The first kappa shape index (κ1) is 11.9. The molecule has 1 aliphatic rings. The van der Waals surface area contributed by atoms with Crippen molar-refractivity contribution in [2.45, 2.75) is 25.5 Å². The Bertz CT molecular complexity index is 256. The lowest BCUT2D eigenvalue weighted by atomic mass is 10.1. The molecule has 3 N–H and O–H groups in total. The maximum absolute atomic E-state index is 11.7. The number of aliphatic carboxylic acids is 1. The minimum absolute atomic E-state index is 0.0141. The number of ether oxygens (including phenoxy) is 1. The Kier molecular flexibility index (Phi) is 4.05. The van der Waals surface area contributed by atoms with Gasteiger partial charge < -0.3 is 20.5 Å². The highest BCUT2D eigenvalue weighted by Crippen LogP contribution is 2.06. The number of amides is 1. The monoisotopic (exact) mass is 216 g/mol. The summed E-state index contributed by atoms with van der Waals surface area (Å²) in [6, 6.07) is -0.951. The molecular formula is C9H16N2O4. The van der Waals surface area contributed by atoms with E-state index < -0.39 is 12.0 Å². The Morgan fingerprint density at radius 3 is 2.87 bits per heavy atom. The van der Waals surface area contributed by atoms with Crippen molar-refractivity contribution in [2.75, 3.05) is 19.7 Å². The van der Waals surface area contributed by atoms with Gasteiger partial charge in [-0.05, 0) is 6.92 Å². The maximum Gasteiger partial charge on any atom is 0.305 e. The van der Waals surface area contributed by atoms with Gasteiger partial charge >= 0.3 is 5.97 Å². The first-order chi connectivity index (χ1) is 7.00. The number of nitrogens with zero attached hydrogens (tertiary/aromatic N) is 1. The van der Waals surface area contributed by atoms with Crippen LogP contribution in [-0.4, -0.2) is 53.7 Å². The summed E-state index contributed by atoms with van der Waals surface area (Å²) < 4.78 is 5.27. The highest BCUT2D eigenvalue weighted by molar-refractivity contribution is 5.86. The number of carboxylic acids is 1. The molecule has 0 aromatic rings. The third kappa shape index (κ3) is 3.49. The molecule has 0 spiro atoms. The van der Waals surface area contributed by atoms with Crippen molar-refractivity contribution in [3.8, 4) is 0 Å². The first-order valence-corrected chi connectivity index (χ1v) is 4.88. The Labute approximate surface area is 88.0 Å². The molecule has 0 radical (unpaired) electrons. The van der Waals surface area contributed by atoms with Gasteiger partial charge in [-0.2, -0.15) is 0 Å². The number of carbonyl (C=O) groups excluding carboxylic acids is 1. The highest BCUT2D eigenvalue weighted by atomic mass is 16.5. The van der Waals surface area contributed by atoms with E-state index >= 15 is 0 Å². The number of nitrogens with two attached hydrogens (primary N) is 1. The Balaban J connectivity index is 2.47. The van der Waals surface area contributed by atoms with Gasteiger partial charge in [-0.25, -0.2) is 0 Å². The topological polar surface area (TPSA) is 92.9 Å². The lowest BCUT2D eigenvalue weighted by Gasteiger charge is -2.32. The Morgan fingerprint density at radius 2 is 2.33 bits per heavy atom. The zero-order valence-electron chi connectivity index (χ0n) is 8.68. The summed E-state index contributed by atoms with van der Waals surface area (Å²) in [5.74, 6) is -1.37. The first-order valence-electron chi connectivity index (χ1n) is 4.88. The van der Waals surface area contributed by atoms with Gasteiger partial charge in [0.05, 0.1) is 25.2 Å². The quantitative estimate of drug-likeness (QED) is 0.633. The zero-order chi connectivity index (χ0) is 11.4. The van der Waals surface area contributed by atoms with E-state index in [0.717, 1.165) is 0 Å². The normalized spacial score (nSPS) is 23.6. The van der Waals surface area contributed by atoms with Crippen LogP contribution in [-0.2, 0) is 14.3 Å². The second-order valence-electron chi connectivity index (χ2n) is 3.67. The number of hydrogen-bond donors (Lipinski definition) is 2. The smallest absolute Gasteiger partial charge is 0.305 e. The molecule has 2 atom stereocenters. The molecule has 1 rings (SSSR count). The van der Waals surface area contributed by atoms with Crippen LogP contribution in [0.1, 0.15) is 13.3 Å². The van der Waals surface area contributed by atoms with E-state index in [0.29, 0.717) is 19.7 Å². The summed E-state index contributed by atoms with van der Waals surface area (Å²) in [5, 5.41) is 8.51. The van der Waals surface area contributed by atoms with Crippen molar-refractivity contribution in [2.24, 2.45) is 5.73 Å². The lowest BCUT2D eigenvalue weighted by Crippen LogP contribution is -2.51. The van der Waals surface area contributed by atoms with Gasteiger partial charge in [0, 0.05) is 13.1 Å². The average molecular weight is 216 g/mol. The second-order valence-corrected chi connectivity index (χ2v) is 3.67. The van der Waals surface area contributed by atoms with E-state index in [9.17, 15) is 9.59 Å². The fourth-order valence-corrected chi connectivity index (χ4v) is 1.53. The van der Waals surface area contributed by atoms with Gasteiger partial charge in [-0.1, -0.05) is 0 Å². The molecule has 0 aromatic heterocycles. The van der Waals surface area contributed by atoms with Crippen molar-refractivity contribution in [3.05, 3.63) is 0 Å². The zero-order valence-corrected chi connectivity index (χ0v) is 8.68. The highest BCUT2D eigenvalue weighted by Gasteiger charge is 2.26. The summed E-state index contributed by atoms with van der Waals surface area (Å²) in [4.78, 5) is 23.6. The molecule has 1 amide bonds. The Hall–Kier alpha value is -1.14. The molecule has 1 fully saturated rings. The minimum Gasteiger partial charge on any atom is -0.481 e. The predicted octanol–water partition coefficient (Wildman–Crippen LogP) is -0.964. The number of hydrogen-bond acceptors (Lipinski definition) is 4. The van der Waals surface area contributed by atoms with Crippen LogP contribution in [0, 0.1) is 0 Å². The molecule has 6 heteroatoms. The molecule has 2 unspecified atom stereocenters. The van der Waals surface area contributed by atoms with Gasteiger partial charge in [0.15, 0.2) is 0 Å². The molecular weight excluding hydrogens is 200 g/mol. The summed E-state index contributed by atoms with van der Waals surface area (Å²) in [7, 11) is 0. The van der Waals surface area contributed by atoms with Crippen LogP contribution in [0.2, 0.25) is 0 Å². The van der Waals surface area contributed by atoms with Crippen molar-refractivity contribution in [1.82, 2.24) is 4.90 Å². The summed E-state index contributed by atoms with van der Waals surface area (Å²) in [6.07, 6.45) is -0.343. The van der Waals surface area contributed by atoms with Crippen LogP contribution in [0.3, 0.4) is 0 Å². The van der Waals surface area contributed by atoms with E-state index in [1.165, 1.54) is 0 Å². The number of carboxylic acid groups (broad SMARTS) is 1. The second kappa shape index (κ2) is 5.09. The fourth-order valence-electron chi connectivity index (χ4n) is 1.53. The van der Waals surface area contributed by atoms with Crippen LogP contribution in [0.5, 0.6) is 0 Å². The van der Waals surface area contributed by atoms with Crippen molar-refractivity contribution in [3.63, 3.8) is 0 Å². The van der Waals surface area contributed by atoms with E-state index in [1.54, 1.807) is 4.90 Å². The van der Waals surface area contributed by atoms with Crippen molar-refractivity contribution >= 4 is 11.9 Å². The van der Waals surface area contributed by atoms with Crippen molar-refractivity contribution in [1.29, 1.82) is 0 Å². The Morgan fingerprint density at radius 1 is 1.67 bits per heavy atom. The van der Waals surface area contributed by atoms with Gasteiger partial charge in [-0.15, -0.1) is 0 Å². The van der Waals surface area contributed by atoms with Crippen LogP contribution in [0.4, 0.5) is 0 Å². The van der Waals surface area contributed by atoms with Gasteiger partial charge in [0.25, 0.3) is 0 Å². The van der Waals surface area contributed by atoms with E-state index in [-0.39, 0.29) is 18.4 Å². The maximum atomic E-state index is 11.7. The lowest BCUT2D eigenvalue weighted by molar-refractivity contribution is -0.145. The molecule has 6 nitrogen and oxygen atoms in total. The van der Waals surface area contributed by atoms with E-state index in [4.69, 9.17) is 15.6 Å². The standard InChI is InChI=1S/C9H16N2O4/c1-6-5-11(2-3-15-6)9(14)7(10)4-8(12)13/h6-7H,2-5,10H2,1H3,(H,12,13). The van der Waals surface area contributed by atoms with E-state index in [2.05, 4.69) is 0 Å². The summed E-state index contributed by atoms with van der Waals surface area (Å²) >= 11 is 0. The molecule has 86 valence electrons. The SMILES string of the molecule is CC1CN(C(=O)C(N)CC(=O)O)CCO1. The fraction of sp³-hybridized carbons (Fsp3) is 0.778. The number of rotatable bonds is 3. The van der Waals surface area contributed by atoms with Crippen molar-refractivity contribution < 1.29 is 19.4 Å². The third-order valence-corrected chi connectivity index (χ3v) is 2.26. The van der Waals surface area contributed by atoms with Crippen LogP contribution < -0.4 is 5.73 Å². The number of morpholine rings is 1. The number of carbonyl (C=O) groups is 2. The molecule has 0 saturated carbocycles. The molecule has 0 bridgehead atoms. The average Bonchev–Trinajstić information content (AvgIpc) is 2.15. The van der Waals surface area contributed by atoms with Gasteiger partial charge in [-0.3, -0.25) is 9.59 Å². The molecule has 0 aliphatic carbocycles. The molecule has 1 saturated heterocycles. The third-order valence-electron chi connectivity index (χ3n) is 2.26. The van der Waals surface area contributed by atoms with E-state index in [1.807, 2.05) is 6.92 Å². The minimum atomic E-state index is -1.06. The largest absolute Gasteiger partial charge is 0.481 e. The predicted molar refractivity (Wildman–Crippen MR) is 52.2 cm³/mol. The summed E-state index contributed by atoms with van der Waals surface area (Å²) in [6.45, 7) is 3.30. The summed E-state index contributed by atoms with van der Waals surface area (Å²) in [5.41, 5.74) is 5.48. The molecule has 1 heterocycles. The molecule has 15 heavy (non-hydrogen) atoms. The molecule has 0 aromatic carbocycles.